The third-order valence-electron chi connectivity index (χ3n) is 2.18. The molecule has 0 rings (SSSR count). The maximum atomic E-state index is 12.0. The van der Waals surface area contributed by atoms with Crippen molar-refractivity contribution in [1.82, 2.24) is 4.72 Å². The molecule has 0 radical (unpaired) electrons. The topological polar surface area (TPSA) is 46.2 Å². The van der Waals surface area contributed by atoms with E-state index in [-0.39, 0.29) is 11.2 Å². The van der Waals surface area contributed by atoms with Crippen molar-refractivity contribution in [3.63, 3.8) is 0 Å². The van der Waals surface area contributed by atoms with Crippen LogP contribution < -0.4 is 4.72 Å². The highest BCUT2D eigenvalue weighted by atomic mass is 79.9. The molecule has 0 bridgehead atoms. The molecule has 0 saturated carbocycles. The second kappa shape index (κ2) is 6.16. The summed E-state index contributed by atoms with van der Waals surface area (Å²) in [6, 6.07) is 0. The SMILES string of the molecule is CCC(CBr)(CBr)NS(=O)(=O)CC(C)(C)C. The molecule has 98 valence electrons. The highest BCUT2D eigenvalue weighted by Crippen LogP contribution is 2.21. The van der Waals surface area contributed by atoms with Gasteiger partial charge in [0, 0.05) is 10.7 Å². The second-order valence-electron chi connectivity index (χ2n) is 5.32. The first kappa shape index (κ1) is 16.9. The second-order valence-corrected chi connectivity index (χ2v) is 8.17. The maximum absolute atomic E-state index is 12.0. The fourth-order valence-corrected chi connectivity index (χ4v) is 5.82. The highest BCUT2D eigenvalue weighted by molar-refractivity contribution is 9.09. The summed E-state index contributed by atoms with van der Waals surface area (Å²) in [5.74, 6) is 0.141. The van der Waals surface area contributed by atoms with Gasteiger partial charge in [0.25, 0.3) is 0 Å². The van der Waals surface area contributed by atoms with Crippen molar-refractivity contribution in [1.29, 1.82) is 0 Å². The van der Waals surface area contributed by atoms with Crippen LogP contribution in [0.4, 0.5) is 0 Å². The molecule has 0 saturated heterocycles. The Morgan fingerprint density at radius 1 is 1.12 bits per heavy atom. The van der Waals surface area contributed by atoms with Crippen molar-refractivity contribution in [3.8, 4) is 0 Å². The van der Waals surface area contributed by atoms with E-state index in [2.05, 4.69) is 36.6 Å². The lowest BCUT2D eigenvalue weighted by atomic mass is 10.0. The molecule has 0 aromatic heterocycles. The first-order valence-electron chi connectivity index (χ1n) is 5.23. The van der Waals surface area contributed by atoms with Gasteiger partial charge in [-0.15, -0.1) is 0 Å². The van der Waals surface area contributed by atoms with Gasteiger partial charge in [-0.25, -0.2) is 13.1 Å². The molecular formula is C10H21Br2NO2S. The van der Waals surface area contributed by atoms with E-state index in [0.717, 1.165) is 6.42 Å². The van der Waals surface area contributed by atoms with E-state index in [4.69, 9.17) is 0 Å². The number of halogens is 2. The van der Waals surface area contributed by atoms with Crippen LogP contribution in [0.3, 0.4) is 0 Å². The van der Waals surface area contributed by atoms with Gasteiger partial charge < -0.3 is 0 Å². The van der Waals surface area contributed by atoms with Crippen molar-refractivity contribution in [3.05, 3.63) is 0 Å². The van der Waals surface area contributed by atoms with Crippen LogP contribution in [0.1, 0.15) is 34.1 Å². The molecule has 6 heteroatoms. The van der Waals surface area contributed by atoms with Gasteiger partial charge >= 0.3 is 0 Å². The van der Waals surface area contributed by atoms with E-state index in [1.807, 2.05) is 27.7 Å². The number of hydrogen-bond acceptors (Lipinski definition) is 2. The first-order valence-corrected chi connectivity index (χ1v) is 9.13. The smallest absolute Gasteiger partial charge is 0.212 e. The zero-order valence-electron chi connectivity index (χ0n) is 10.3. The third kappa shape index (κ3) is 5.98. The Bertz CT molecular complexity index is 297. The molecule has 16 heavy (non-hydrogen) atoms. The molecule has 0 aliphatic heterocycles. The van der Waals surface area contributed by atoms with Crippen molar-refractivity contribution in [2.24, 2.45) is 5.41 Å². The quantitative estimate of drug-likeness (QED) is 0.722. The molecule has 0 heterocycles. The van der Waals surface area contributed by atoms with Gasteiger partial charge in [-0.2, -0.15) is 0 Å². The monoisotopic (exact) mass is 377 g/mol. The van der Waals surface area contributed by atoms with Gasteiger partial charge in [0.15, 0.2) is 0 Å². The van der Waals surface area contributed by atoms with Crippen LogP contribution in [0.25, 0.3) is 0 Å². The Morgan fingerprint density at radius 3 is 1.81 bits per heavy atom. The largest absolute Gasteiger partial charge is 0.212 e. The Kier molecular flexibility index (Phi) is 6.49. The molecule has 0 aliphatic carbocycles. The number of rotatable bonds is 6. The van der Waals surface area contributed by atoms with Gasteiger partial charge in [-0.05, 0) is 11.8 Å². The van der Waals surface area contributed by atoms with Crippen molar-refractivity contribution < 1.29 is 8.42 Å². The minimum absolute atomic E-state index is 0.141. The normalized spacial score (nSPS) is 14.1. The molecular weight excluding hydrogens is 358 g/mol. The van der Waals surface area contributed by atoms with E-state index >= 15 is 0 Å². The van der Waals surface area contributed by atoms with E-state index in [1.54, 1.807) is 0 Å². The molecule has 0 spiro atoms. The minimum Gasteiger partial charge on any atom is -0.212 e. The number of nitrogens with one attached hydrogen (secondary N) is 1. The van der Waals surface area contributed by atoms with Gasteiger partial charge in [-0.1, -0.05) is 59.6 Å². The van der Waals surface area contributed by atoms with Crippen LogP contribution >= 0.6 is 31.9 Å². The summed E-state index contributed by atoms with van der Waals surface area (Å²) in [7, 11) is -3.24. The average Bonchev–Trinajstić information content (AvgIpc) is 2.10. The maximum Gasteiger partial charge on any atom is 0.212 e. The van der Waals surface area contributed by atoms with Crippen LogP contribution in [-0.4, -0.2) is 30.4 Å². The van der Waals surface area contributed by atoms with Crippen molar-refractivity contribution in [2.75, 3.05) is 16.4 Å². The van der Waals surface area contributed by atoms with Crippen LogP contribution in [0.5, 0.6) is 0 Å². The van der Waals surface area contributed by atoms with Crippen LogP contribution in [-0.2, 0) is 10.0 Å². The van der Waals surface area contributed by atoms with E-state index in [9.17, 15) is 8.42 Å². The fraction of sp³-hybridized carbons (Fsp3) is 1.00. The van der Waals surface area contributed by atoms with E-state index in [1.165, 1.54) is 0 Å². The molecule has 0 unspecified atom stereocenters. The minimum atomic E-state index is -3.24. The first-order chi connectivity index (χ1) is 7.10. The van der Waals surface area contributed by atoms with Crippen LogP contribution in [0, 0.1) is 5.41 Å². The highest BCUT2D eigenvalue weighted by Gasteiger charge is 2.32. The summed E-state index contributed by atoms with van der Waals surface area (Å²) in [5.41, 5.74) is -0.659. The predicted molar refractivity (Wildman–Crippen MR) is 77.0 cm³/mol. The summed E-state index contributed by atoms with van der Waals surface area (Å²) in [4.78, 5) is 0. The molecule has 0 fully saturated rings. The fourth-order valence-electron chi connectivity index (χ4n) is 1.29. The zero-order valence-corrected chi connectivity index (χ0v) is 14.3. The zero-order chi connectivity index (χ0) is 13.0. The predicted octanol–water partition coefficient (Wildman–Crippen LogP) is 2.89. The summed E-state index contributed by atoms with van der Waals surface area (Å²) in [6.07, 6.45) is 0.743. The van der Waals surface area contributed by atoms with Gasteiger partial charge in [-0.3, -0.25) is 0 Å². The average molecular weight is 379 g/mol. The lowest BCUT2D eigenvalue weighted by molar-refractivity contribution is 0.430. The lowest BCUT2D eigenvalue weighted by Gasteiger charge is -2.31. The number of hydrogen-bond donors (Lipinski definition) is 1. The van der Waals surface area contributed by atoms with E-state index < -0.39 is 15.6 Å². The Balaban J connectivity index is 4.81. The standard InChI is InChI=1S/C10H21Br2NO2S/c1-5-10(6-11,7-12)13-16(14,15)8-9(2,3)4/h13H,5-8H2,1-4H3. The van der Waals surface area contributed by atoms with Crippen LogP contribution in [0.2, 0.25) is 0 Å². The van der Waals surface area contributed by atoms with Crippen molar-refractivity contribution >= 4 is 41.9 Å². The number of alkyl halides is 2. The molecule has 0 amide bonds. The molecule has 0 aromatic carbocycles. The molecule has 0 aromatic rings. The molecule has 3 nitrogen and oxygen atoms in total. The lowest BCUT2D eigenvalue weighted by Crippen LogP contribution is -2.52. The summed E-state index contributed by atoms with van der Waals surface area (Å²) < 4.78 is 26.8. The van der Waals surface area contributed by atoms with Gasteiger partial charge in [0.05, 0.1) is 11.3 Å². The number of sulfonamides is 1. The van der Waals surface area contributed by atoms with Crippen LogP contribution in [0.15, 0.2) is 0 Å². The molecule has 0 aliphatic rings. The molecule has 0 atom stereocenters. The van der Waals surface area contributed by atoms with E-state index in [0.29, 0.717) is 10.7 Å². The summed E-state index contributed by atoms with van der Waals surface area (Å²) in [5, 5.41) is 1.20. The Morgan fingerprint density at radius 2 is 1.56 bits per heavy atom. The third-order valence-corrected chi connectivity index (χ3v) is 6.32. The van der Waals surface area contributed by atoms with Crippen molar-refractivity contribution in [2.45, 2.75) is 39.7 Å². The summed E-state index contributed by atoms with van der Waals surface area (Å²) in [6.45, 7) is 7.73. The van der Waals surface area contributed by atoms with Gasteiger partial charge in [0.2, 0.25) is 10.0 Å². The Labute approximate surface area is 116 Å². The summed E-state index contributed by atoms with van der Waals surface area (Å²) >= 11 is 6.74. The molecule has 1 N–H and O–H groups in total. The Hall–Kier alpha value is 0.870. The van der Waals surface area contributed by atoms with Gasteiger partial charge in [0.1, 0.15) is 0 Å².